The molecule has 0 atom stereocenters. The molecule has 0 N–H and O–H groups in total. The van der Waals surface area contributed by atoms with Crippen LogP contribution in [0.15, 0.2) is 22.8 Å². The second kappa shape index (κ2) is 5.09. The first-order valence-electron chi connectivity index (χ1n) is 5.82. The van der Waals surface area contributed by atoms with E-state index in [4.69, 9.17) is 6.42 Å². The van der Waals surface area contributed by atoms with Crippen molar-refractivity contribution in [2.45, 2.75) is 47.0 Å². The molecule has 0 saturated carbocycles. The van der Waals surface area contributed by atoms with Gasteiger partial charge in [-0.3, -0.25) is 0 Å². The van der Waals surface area contributed by atoms with E-state index in [0.29, 0.717) is 0 Å². The van der Waals surface area contributed by atoms with Gasteiger partial charge in [-0.15, -0.1) is 6.42 Å². The van der Waals surface area contributed by atoms with Crippen molar-refractivity contribution < 1.29 is 0 Å². The van der Waals surface area contributed by atoms with Crippen LogP contribution >= 0.6 is 0 Å². The van der Waals surface area contributed by atoms with Gasteiger partial charge in [-0.25, -0.2) is 0 Å². The van der Waals surface area contributed by atoms with Gasteiger partial charge in [0.1, 0.15) is 0 Å². The van der Waals surface area contributed by atoms with Gasteiger partial charge < -0.3 is 0 Å². The van der Waals surface area contributed by atoms with Crippen LogP contribution in [0.1, 0.15) is 47.0 Å². The highest BCUT2D eigenvalue weighted by Gasteiger charge is 2.27. The van der Waals surface area contributed by atoms with E-state index >= 15 is 0 Å². The number of hydrogen-bond donors (Lipinski definition) is 0. The molecular formula is C16H20. The highest BCUT2D eigenvalue weighted by atomic mass is 14.3. The average molecular weight is 212 g/mol. The Morgan fingerprint density at radius 3 is 2.69 bits per heavy atom. The molecule has 0 unspecified atom stereocenters. The van der Waals surface area contributed by atoms with Gasteiger partial charge in [0, 0.05) is 11.1 Å². The van der Waals surface area contributed by atoms with E-state index in [1.807, 2.05) is 6.92 Å². The molecule has 0 fully saturated rings. The van der Waals surface area contributed by atoms with Crippen molar-refractivity contribution in [3.05, 3.63) is 22.8 Å². The SMILES string of the molecule is C#C/C=C(\C)C#CC1=C(C)CCCC1(C)C. The number of terminal acetylenes is 1. The lowest BCUT2D eigenvalue weighted by Crippen LogP contribution is -2.19. The molecule has 0 aromatic rings. The van der Waals surface area contributed by atoms with Crippen LogP contribution in [-0.2, 0) is 0 Å². The zero-order valence-electron chi connectivity index (χ0n) is 10.8. The van der Waals surface area contributed by atoms with Crippen LogP contribution in [0, 0.1) is 29.6 Å². The van der Waals surface area contributed by atoms with Crippen LogP contribution in [0.3, 0.4) is 0 Å². The molecule has 1 aliphatic carbocycles. The first-order valence-corrected chi connectivity index (χ1v) is 5.82. The summed E-state index contributed by atoms with van der Waals surface area (Å²) in [5, 5.41) is 0. The second-order valence-electron chi connectivity index (χ2n) is 5.14. The summed E-state index contributed by atoms with van der Waals surface area (Å²) < 4.78 is 0. The Bertz CT molecular complexity index is 425. The molecule has 0 heterocycles. The molecule has 1 rings (SSSR count). The quantitative estimate of drug-likeness (QED) is 0.530. The maximum atomic E-state index is 5.21. The van der Waals surface area contributed by atoms with Crippen LogP contribution in [0.5, 0.6) is 0 Å². The van der Waals surface area contributed by atoms with E-state index in [0.717, 1.165) is 5.57 Å². The Labute approximate surface area is 99.8 Å². The summed E-state index contributed by atoms with van der Waals surface area (Å²) in [6, 6.07) is 0. The van der Waals surface area contributed by atoms with Crippen molar-refractivity contribution in [1.82, 2.24) is 0 Å². The average Bonchev–Trinajstić information content (AvgIpc) is 2.16. The predicted molar refractivity (Wildman–Crippen MR) is 70.7 cm³/mol. The van der Waals surface area contributed by atoms with Crippen molar-refractivity contribution in [1.29, 1.82) is 0 Å². The number of allylic oxidation sites excluding steroid dienone is 4. The standard InChI is InChI=1S/C16H20/c1-6-8-13(2)10-11-15-14(3)9-7-12-16(15,4)5/h1,8H,7,9,12H2,2-5H3/b13-8+. The van der Waals surface area contributed by atoms with E-state index in [1.165, 1.54) is 30.4 Å². The molecule has 0 saturated heterocycles. The normalized spacial score (nSPS) is 19.8. The largest absolute Gasteiger partial charge is 0.115 e. The van der Waals surface area contributed by atoms with Crippen LogP contribution < -0.4 is 0 Å². The minimum absolute atomic E-state index is 0.228. The molecule has 0 aliphatic heterocycles. The van der Waals surface area contributed by atoms with Crippen molar-refractivity contribution in [3.8, 4) is 24.2 Å². The Morgan fingerprint density at radius 2 is 2.12 bits per heavy atom. The summed E-state index contributed by atoms with van der Waals surface area (Å²) in [4.78, 5) is 0. The minimum atomic E-state index is 0.228. The fourth-order valence-electron chi connectivity index (χ4n) is 2.22. The summed E-state index contributed by atoms with van der Waals surface area (Å²) in [6.45, 7) is 8.71. The summed E-state index contributed by atoms with van der Waals surface area (Å²) in [6.07, 6.45) is 10.6. The Morgan fingerprint density at radius 1 is 1.44 bits per heavy atom. The number of hydrogen-bond acceptors (Lipinski definition) is 0. The summed E-state index contributed by atoms with van der Waals surface area (Å²) in [5.74, 6) is 8.97. The van der Waals surface area contributed by atoms with Crippen molar-refractivity contribution in [2.24, 2.45) is 5.41 Å². The minimum Gasteiger partial charge on any atom is -0.115 e. The first kappa shape index (κ1) is 12.7. The highest BCUT2D eigenvalue weighted by Crippen LogP contribution is 2.39. The fourth-order valence-corrected chi connectivity index (χ4v) is 2.22. The van der Waals surface area contributed by atoms with Gasteiger partial charge in [0.05, 0.1) is 0 Å². The molecule has 1 aliphatic rings. The molecule has 0 heteroatoms. The van der Waals surface area contributed by atoms with Gasteiger partial charge in [-0.05, 0) is 44.6 Å². The third-order valence-electron chi connectivity index (χ3n) is 3.14. The molecule has 0 aromatic carbocycles. The first-order chi connectivity index (χ1) is 7.47. The topological polar surface area (TPSA) is 0 Å². The van der Waals surface area contributed by atoms with Gasteiger partial charge in [0.15, 0.2) is 0 Å². The third-order valence-corrected chi connectivity index (χ3v) is 3.14. The Balaban J connectivity index is 3.03. The van der Waals surface area contributed by atoms with Crippen LogP contribution in [0.4, 0.5) is 0 Å². The molecule has 0 aromatic heterocycles. The lowest BCUT2D eigenvalue weighted by atomic mass is 9.73. The fraction of sp³-hybridized carbons (Fsp3) is 0.500. The number of rotatable bonds is 0. The molecular weight excluding hydrogens is 192 g/mol. The van der Waals surface area contributed by atoms with Gasteiger partial charge in [0.25, 0.3) is 0 Å². The third kappa shape index (κ3) is 3.04. The molecule has 16 heavy (non-hydrogen) atoms. The molecule has 0 nitrogen and oxygen atoms in total. The molecule has 0 spiro atoms. The van der Waals surface area contributed by atoms with E-state index in [2.05, 4.69) is 38.5 Å². The molecule has 84 valence electrons. The van der Waals surface area contributed by atoms with E-state index in [-0.39, 0.29) is 5.41 Å². The zero-order valence-corrected chi connectivity index (χ0v) is 10.8. The van der Waals surface area contributed by atoms with Gasteiger partial charge in [-0.1, -0.05) is 37.2 Å². The molecule has 0 radical (unpaired) electrons. The van der Waals surface area contributed by atoms with Crippen LogP contribution in [-0.4, -0.2) is 0 Å². The zero-order chi connectivity index (χ0) is 12.2. The predicted octanol–water partition coefficient (Wildman–Crippen LogP) is 4.10. The van der Waals surface area contributed by atoms with Crippen molar-refractivity contribution >= 4 is 0 Å². The van der Waals surface area contributed by atoms with Gasteiger partial charge in [-0.2, -0.15) is 0 Å². The second-order valence-corrected chi connectivity index (χ2v) is 5.14. The summed E-state index contributed by atoms with van der Waals surface area (Å²) in [7, 11) is 0. The summed E-state index contributed by atoms with van der Waals surface area (Å²) in [5.41, 5.74) is 3.94. The van der Waals surface area contributed by atoms with Crippen LogP contribution in [0.25, 0.3) is 0 Å². The van der Waals surface area contributed by atoms with E-state index in [9.17, 15) is 0 Å². The smallest absolute Gasteiger partial charge is 0.00761 e. The lowest BCUT2D eigenvalue weighted by Gasteiger charge is -2.31. The van der Waals surface area contributed by atoms with Crippen molar-refractivity contribution in [3.63, 3.8) is 0 Å². The Hall–Kier alpha value is -1.40. The molecule has 0 amide bonds. The van der Waals surface area contributed by atoms with Crippen molar-refractivity contribution in [2.75, 3.05) is 0 Å². The van der Waals surface area contributed by atoms with E-state index in [1.54, 1.807) is 6.08 Å². The Kier molecular flexibility index (Phi) is 4.03. The highest BCUT2D eigenvalue weighted by molar-refractivity contribution is 5.44. The maximum absolute atomic E-state index is 5.21. The lowest BCUT2D eigenvalue weighted by molar-refractivity contribution is 0.380. The van der Waals surface area contributed by atoms with Crippen LogP contribution in [0.2, 0.25) is 0 Å². The summed E-state index contributed by atoms with van der Waals surface area (Å²) >= 11 is 0. The maximum Gasteiger partial charge on any atom is 0.00761 e. The van der Waals surface area contributed by atoms with Gasteiger partial charge >= 0.3 is 0 Å². The van der Waals surface area contributed by atoms with E-state index < -0.39 is 0 Å². The molecule has 0 bridgehead atoms. The van der Waals surface area contributed by atoms with Gasteiger partial charge in [0.2, 0.25) is 0 Å². The monoisotopic (exact) mass is 212 g/mol.